The molecule has 1 heterocycles. The van der Waals surface area contributed by atoms with Crippen molar-refractivity contribution in [1.82, 2.24) is 10.6 Å². The van der Waals surface area contributed by atoms with E-state index < -0.39 is 12.7 Å². The molecule has 3 rings (SSSR count). The highest BCUT2D eigenvalue weighted by molar-refractivity contribution is 5.79. The predicted octanol–water partition coefficient (Wildman–Crippen LogP) is 2.81. The normalized spacial score (nSPS) is 13.8. The molecule has 8 nitrogen and oxygen atoms in total. The molecule has 1 aliphatic rings. The van der Waals surface area contributed by atoms with Crippen LogP contribution in [0.15, 0.2) is 41.4 Å². The van der Waals surface area contributed by atoms with Crippen molar-refractivity contribution in [2.75, 3.05) is 27.0 Å². The Labute approximate surface area is 178 Å². The lowest BCUT2D eigenvalue weighted by molar-refractivity contribution is -0.0505. The van der Waals surface area contributed by atoms with E-state index in [1.54, 1.807) is 37.4 Å². The van der Waals surface area contributed by atoms with Crippen LogP contribution in [0.3, 0.4) is 0 Å². The number of methoxy groups -OCH3 is 1. The van der Waals surface area contributed by atoms with Crippen LogP contribution in [0.5, 0.6) is 23.0 Å². The van der Waals surface area contributed by atoms with Crippen LogP contribution < -0.4 is 29.6 Å². The van der Waals surface area contributed by atoms with Gasteiger partial charge in [-0.2, -0.15) is 8.78 Å². The summed E-state index contributed by atoms with van der Waals surface area (Å²) in [7, 11) is 1.56. The zero-order valence-electron chi connectivity index (χ0n) is 17.2. The van der Waals surface area contributed by atoms with Gasteiger partial charge in [0.15, 0.2) is 17.5 Å². The molecular formula is C21H25F2N3O5. The highest BCUT2D eigenvalue weighted by Gasteiger charge is 2.20. The second-order valence-corrected chi connectivity index (χ2v) is 6.56. The lowest BCUT2D eigenvalue weighted by atomic mass is 10.1. The maximum atomic E-state index is 12.8. The van der Waals surface area contributed by atoms with E-state index in [1.165, 1.54) is 6.07 Å². The van der Waals surface area contributed by atoms with Crippen molar-refractivity contribution in [1.29, 1.82) is 0 Å². The van der Waals surface area contributed by atoms with Crippen molar-refractivity contribution >= 4 is 5.96 Å². The third-order valence-corrected chi connectivity index (χ3v) is 4.46. The van der Waals surface area contributed by atoms with Gasteiger partial charge in [-0.1, -0.05) is 12.1 Å². The Hall–Kier alpha value is -3.27. The molecule has 0 amide bonds. The highest BCUT2D eigenvalue weighted by atomic mass is 19.3. The van der Waals surface area contributed by atoms with E-state index in [0.717, 1.165) is 0 Å². The first kappa shape index (κ1) is 22.4. The van der Waals surface area contributed by atoms with E-state index in [-0.39, 0.29) is 25.6 Å². The van der Waals surface area contributed by atoms with Gasteiger partial charge in [-0.25, -0.2) is 4.99 Å². The summed E-state index contributed by atoms with van der Waals surface area (Å²) in [6, 6.07) is 10.1. The summed E-state index contributed by atoms with van der Waals surface area (Å²) >= 11 is 0. The van der Waals surface area contributed by atoms with Crippen molar-refractivity contribution in [2.45, 2.75) is 26.2 Å². The maximum absolute atomic E-state index is 12.8. The Balaban J connectivity index is 1.70. The van der Waals surface area contributed by atoms with E-state index in [1.807, 2.05) is 6.92 Å². The average Bonchev–Trinajstić information content (AvgIpc) is 3.22. The molecule has 0 saturated carbocycles. The molecule has 3 N–H and O–H groups in total. The van der Waals surface area contributed by atoms with Crippen LogP contribution in [0, 0.1) is 0 Å². The molecule has 1 aliphatic heterocycles. The summed E-state index contributed by atoms with van der Waals surface area (Å²) in [6.45, 7) is -0.274. The minimum absolute atomic E-state index is 0.0164. The molecule has 0 fully saturated rings. The van der Waals surface area contributed by atoms with Crippen LogP contribution in [0.25, 0.3) is 0 Å². The van der Waals surface area contributed by atoms with Gasteiger partial charge in [0.25, 0.3) is 0 Å². The predicted molar refractivity (Wildman–Crippen MR) is 110 cm³/mol. The van der Waals surface area contributed by atoms with E-state index >= 15 is 0 Å². The maximum Gasteiger partial charge on any atom is 0.387 e. The third kappa shape index (κ3) is 6.11. The Morgan fingerprint density at radius 2 is 1.97 bits per heavy atom. The lowest BCUT2D eigenvalue weighted by Gasteiger charge is -2.16. The molecule has 168 valence electrons. The molecule has 1 unspecified atom stereocenters. The van der Waals surface area contributed by atoms with Gasteiger partial charge in [0, 0.05) is 24.7 Å². The van der Waals surface area contributed by atoms with Gasteiger partial charge >= 0.3 is 6.61 Å². The summed E-state index contributed by atoms with van der Waals surface area (Å²) in [5.74, 6) is 1.81. The van der Waals surface area contributed by atoms with Gasteiger partial charge < -0.3 is 34.7 Å². The van der Waals surface area contributed by atoms with E-state index in [9.17, 15) is 13.9 Å². The molecule has 0 aromatic heterocycles. The zero-order chi connectivity index (χ0) is 22.2. The van der Waals surface area contributed by atoms with Crippen molar-refractivity contribution in [3.63, 3.8) is 0 Å². The van der Waals surface area contributed by atoms with Crippen molar-refractivity contribution in [3.8, 4) is 23.0 Å². The first-order valence-electron chi connectivity index (χ1n) is 9.71. The molecular weight excluding hydrogens is 412 g/mol. The van der Waals surface area contributed by atoms with E-state index in [4.69, 9.17) is 14.2 Å². The van der Waals surface area contributed by atoms with Crippen LogP contribution in [0.2, 0.25) is 0 Å². The standard InChI is InChI=1S/C21H25F2N3O5/c1-3-24-21(26-11-16(27)13-5-4-6-15(7-13)28-2)25-10-14-8-18-19(30-12-29-18)9-17(14)31-20(22)23/h4-9,16,20,27H,3,10-12H2,1-2H3,(H2,24,25,26). The van der Waals surface area contributed by atoms with Crippen molar-refractivity contribution < 1.29 is 32.8 Å². The number of hydrogen-bond donors (Lipinski definition) is 3. The van der Waals surface area contributed by atoms with Gasteiger partial charge in [0.1, 0.15) is 11.5 Å². The monoisotopic (exact) mass is 437 g/mol. The molecule has 0 saturated heterocycles. The van der Waals surface area contributed by atoms with Crippen LogP contribution in [0.1, 0.15) is 24.2 Å². The average molecular weight is 437 g/mol. The minimum Gasteiger partial charge on any atom is -0.497 e. The van der Waals surface area contributed by atoms with Crippen LogP contribution in [0.4, 0.5) is 8.78 Å². The summed E-state index contributed by atoms with van der Waals surface area (Å²) in [5, 5.41) is 16.6. The molecule has 2 aromatic carbocycles. The molecule has 0 aliphatic carbocycles. The number of benzene rings is 2. The number of guanidine groups is 1. The highest BCUT2D eigenvalue weighted by Crippen LogP contribution is 2.39. The number of nitrogens with zero attached hydrogens (tertiary/aromatic N) is 1. The third-order valence-electron chi connectivity index (χ3n) is 4.46. The fourth-order valence-corrected chi connectivity index (χ4v) is 2.96. The number of nitrogens with one attached hydrogen (secondary N) is 2. The number of hydrogen-bond acceptors (Lipinski definition) is 6. The summed E-state index contributed by atoms with van der Waals surface area (Å²) in [6.07, 6.45) is -0.803. The fraction of sp³-hybridized carbons (Fsp3) is 0.381. The number of ether oxygens (including phenoxy) is 4. The number of halogens is 2. The topological polar surface area (TPSA) is 93.6 Å². The molecule has 10 heteroatoms. The Morgan fingerprint density at radius 1 is 1.19 bits per heavy atom. The number of aliphatic hydroxyl groups excluding tert-OH is 1. The Kier molecular flexibility index (Phi) is 7.71. The van der Waals surface area contributed by atoms with Gasteiger partial charge in [-0.05, 0) is 30.7 Å². The number of rotatable bonds is 9. The minimum atomic E-state index is -2.98. The zero-order valence-corrected chi connectivity index (χ0v) is 17.2. The number of alkyl halides is 2. The molecule has 0 radical (unpaired) electrons. The van der Waals surface area contributed by atoms with Crippen molar-refractivity contribution in [3.05, 3.63) is 47.5 Å². The van der Waals surface area contributed by atoms with E-state index in [0.29, 0.717) is 40.9 Å². The SMILES string of the molecule is CCNC(=NCc1cc2c(cc1OC(F)F)OCO2)NCC(O)c1cccc(OC)c1. The van der Waals surface area contributed by atoms with Crippen LogP contribution in [-0.2, 0) is 6.54 Å². The van der Waals surface area contributed by atoms with E-state index in [2.05, 4.69) is 20.4 Å². The molecule has 0 spiro atoms. The Bertz CT molecular complexity index is 911. The quantitative estimate of drug-likeness (QED) is 0.410. The number of aliphatic imine (C=N–C) groups is 1. The first-order chi connectivity index (χ1) is 15.0. The van der Waals surface area contributed by atoms with Gasteiger partial charge in [-0.15, -0.1) is 0 Å². The van der Waals surface area contributed by atoms with Crippen LogP contribution >= 0.6 is 0 Å². The fourth-order valence-electron chi connectivity index (χ4n) is 2.96. The summed E-state index contributed by atoms with van der Waals surface area (Å²) in [5.41, 5.74) is 1.10. The summed E-state index contributed by atoms with van der Waals surface area (Å²) in [4.78, 5) is 4.41. The molecule has 1 atom stereocenters. The number of fused-ring (bicyclic) bond motifs is 1. The second-order valence-electron chi connectivity index (χ2n) is 6.56. The van der Waals surface area contributed by atoms with Crippen LogP contribution in [-0.4, -0.2) is 44.7 Å². The largest absolute Gasteiger partial charge is 0.497 e. The molecule has 2 aromatic rings. The summed E-state index contributed by atoms with van der Waals surface area (Å²) < 4.78 is 45.9. The number of aliphatic hydroxyl groups is 1. The van der Waals surface area contributed by atoms with Crippen molar-refractivity contribution in [2.24, 2.45) is 4.99 Å². The molecule has 31 heavy (non-hydrogen) atoms. The smallest absolute Gasteiger partial charge is 0.387 e. The second kappa shape index (κ2) is 10.7. The molecule has 0 bridgehead atoms. The lowest BCUT2D eigenvalue weighted by Crippen LogP contribution is -2.39. The van der Waals surface area contributed by atoms with Gasteiger partial charge in [0.05, 0.1) is 19.8 Å². The van der Waals surface area contributed by atoms with Gasteiger partial charge in [-0.3, -0.25) is 0 Å². The van der Waals surface area contributed by atoms with Gasteiger partial charge in [0.2, 0.25) is 6.79 Å². The first-order valence-corrected chi connectivity index (χ1v) is 9.71. The Morgan fingerprint density at radius 3 is 2.68 bits per heavy atom.